The number of carbonyl (C=O) groups is 1. The average molecular weight is 397 g/mol. The highest BCUT2D eigenvalue weighted by Crippen LogP contribution is 2.27. The van der Waals surface area contributed by atoms with Crippen LogP contribution in [-0.2, 0) is 11.3 Å². The molecule has 6 nitrogen and oxygen atoms in total. The molecule has 2 aromatic carbocycles. The number of hydrogen-bond donors (Lipinski definition) is 1. The second-order valence-electron chi connectivity index (χ2n) is 6.86. The molecule has 28 heavy (non-hydrogen) atoms. The van der Waals surface area contributed by atoms with Gasteiger partial charge in [-0.05, 0) is 17.7 Å². The van der Waals surface area contributed by atoms with Gasteiger partial charge >= 0.3 is 5.69 Å². The van der Waals surface area contributed by atoms with Gasteiger partial charge in [0.25, 0.3) is 0 Å². The van der Waals surface area contributed by atoms with Gasteiger partial charge in [-0.25, -0.2) is 9.78 Å². The maximum atomic E-state index is 12.1. The lowest BCUT2D eigenvalue weighted by molar-refractivity contribution is -0.133. The summed E-state index contributed by atoms with van der Waals surface area (Å²) in [5, 5.41) is 0.454. The van der Waals surface area contributed by atoms with Crippen LogP contribution in [0.25, 0.3) is 22.8 Å². The van der Waals surface area contributed by atoms with Crippen molar-refractivity contribution in [1.29, 1.82) is 0 Å². The molecule has 7 heteroatoms. The third-order valence-corrected chi connectivity index (χ3v) is 4.59. The molecule has 3 aromatic rings. The number of aromatic nitrogens is 3. The van der Waals surface area contributed by atoms with Crippen molar-refractivity contribution in [3.63, 3.8) is 0 Å². The second kappa shape index (κ2) is 8.35. The minimum absolute atomic E-state index is 0.0540. The summed E-state index contributed by atoms with van der Waals surface area (Å²) in [4.78, 5) is 37.0. The summed E-state index contributed by atoms with van der Waals surface area (Å²) in [7, 11) is 1.76. The van der Waals surface area contributed by atoms with E-state index in [2.05, 4.69) is 15.0 Å². The Kier molecular flexibility index (Phi) is 5.90. The third kappa shape index (κ3) is 4.46. The Labute approximate surface area is 168 Å². The molecule has 0 aliphatic heterocycles. The Hall–Kier alpha value is -2.99. The molecular weight excluding hydrogens is 376 g/mol. The first-order chi connectivity index (χ1) is 13.3. The smallest absolute Gasteiger partial charge is 0.341 e. The molecule has 0 atom stereocenters. The summed E-state index contributed by atoms with van der Waals surface area (Å²) in [6.45, 7) is 4.16. The van der Waals surface area contributed by atoms with Gasteiger partial charge in [0.15, 0.2) is 5.82 Å². The highest BCUT2D eigenvalue weighted by atomic mass is 35.5. The maximum Gasteiger partial charge on any atom is 0.348 e. The molecule has 0 aliphatic rings. The Morgan fingerprint density at radius 3 is 2.54 bits per heavy atom. The van der Waals surface area contributed by atoms with Crippen molar-refractivity contribution in [1.82, 2.24) is 19.9 Å². The molecule has 144 valence electrons. The first-order valence-electron chi connectivity index (χ1n) is 8.92. The Morgan fingerprint density at radius 2 is 1.86 bits per heavy atom. The van der Waals surface area contributed by atoms with Gasteiger partial charge in [-0.1, -0.05) is 61.8 Å². The Balaban J connectivity index is 1.99. The third-order valence-electron chi connectivity index (χ3n) is 4.26. The van der Waals surface area contributed by atoms with Crippen molar-refractivity contribution in [2.75, 3.05) is 7.05 Å². The molecule has 0 aliphatic carbocycles. The van der Waals surface area contributed by atoms with E-state index in [0.717, 1.165) is 11.1 Å². The molecule has 0 saturated carbocycles. The number of halogens is 1. The summed E-state index contributed by atoms with van der Waals surface area (Å²) < 4.78 is 0. The van der Waals surface area contributed by atoms with E-state index in [1.54, 1.807) is 18.0 Å². The molecule has 0 radical (unpaired) electrons. The van der Waals surface area contributed by atoms with Crippen molar-refractivity contribution in [2.45, 2.75) is 20.4 Å². The molecule has 0 fully saturated rings. The minimum Gasteiger partial charge on any atom is -0.341 e. The lowest BCUT2D eigenvalue weighted by atomic mass is 10.1. The van der Waals surface area contributed by atoms with Gasteiger partial charge < -0.3 is 4.90 Å². The van der Waals surface area contributed by atoms with Crippen molar-refractivity contribution in [2.24, 2.45) is 5.92 Å². The predicted molar refractivity (Wildman–Crippen MR) is 110 cm³/mol. The number of nitrogens with zero attached hydrogens (tertiary/aromatic N) is 3. The summed E-state index contributed by atoms with van der Waals surface area (Å²) >= 11 is 6.37. The summed E-state index contributed by atoms with van der Waals surface area (Å²) in [5.74, 6) is 0.637. The van der Waals surface area contributed by atoms with E-state index < -0.39 is 5.69 Å². The van der Waals surface area contributed by atoms with Gasteiger partial charge in [-0.15, -0.1) is 0 Å². The van der Waals surface area contributed by atoms with Crippen molar-refractivity contribution < 1.29 is 4.79 Å². The fourth-order valence-corrected chi connectivity index (χ4v) is 3.08. The van der Waals surface area contributed by atoms with E-state index in [4.69, 9.17) is 11.6 Å². The van der Waals surface area contributed by atoms with Crippen LogP contribution in [0.4, 0.5) is 0 Å². The zero-order valence-electron chi connectivity index (χ0n) is 15.9. The van der Waals surface area contributed by atoms with Crippen molar-refractivity contribution in [3.05, 3.63) is 69.6 Å². The van der Waals surface area contributed by atoms with E-state index in [0.29, 0.717) is 28.8 Å². The van der Waals surface area contributed by atoms with Crippen LogP contribution in [0.2, 0.25) is 5.02 Å². The molecule has 0 bridgehead atoms. The normalized spacial score (nSPS) is 10.9. The summed E-state index contributed by atoms with van der Waals surface area (Å²) in [6.07, 6.45) is 0. The molecule has 1 amide bonds. The fourth-order valence-electron chi connectivity index (χ4n) is 2.87. The molecule has 0 unspecified atom stereocenters. The maximum absolute atomic E-state index is 12.1. The zero-order valence-corrected chi connectivity index (χ0v) is 16.7. The van der Waals surface area contributed by atoms with Crippen LogP contribution in [0, 0.1) is 5.92 Å². The number of aromatic amines is 1. The molecule has 3 rings (SSSR count). The van der Waals surface area contributed by atoms with Crippen LogP contribution in [0.1, 0.15) is 19.4 Å². The van der Waals surface area contributed by atoms with Crippen LogP contribution in [0.5, 0.6) is 0 Å². The first kappa shape index (κ1) is 19.8. The van der Waals surface area contributed by atoms with E-state index in [9.17, 15) is 9.59 Å². The number of nitrogens with one attached hydrogen (secondary N) is 1. The number of carbonyl (C=O) groups excluding carboxylic acids is 1. The zero-order chi connectivity index (χ0) is 20.3. The molecular formula is C21H21ClN4O2. The lowest BCUT2D eigenvalue weighted by Gasteiger charge is -2.20. The van der Waals surface area contributed by atoms with Crippen LogP contribution < -0.4 is 5.69 Å². The molecule has 1 N–H and O–H groups in total. The number of rotatable bonds is 5. The van der Waals surface area contributed by atoms with Gasteiger partial charge in [-0.2, -0.15) is 4.98 Å². The van der Waals surface area contributed by atoms with Crippen LogP contribution in [0.3, 0.4) is 0 Å². The molecule has 0 saturated heterocycles. The predicted octanol–water partition coefficient (Wildman–Crippen LogP) is 3.77. The number of amides is 1. The van der Waals surface area contributed by atoms with Crippen molar-refractivity contribution >= 4 is 17.5 Å². The number of benzene rings is 2. The molecule has 1 heterocycles. The van der Waals surface area contributed by atoms with Crippen LogP contribution in [0.15, 0.2) is 53.3 Å². The highest BCUT2D eigenvalue weighted by molar-refractivity contribution is 6.33. The average Bonchev–Trinajstić information content (AvgIpc) is 2.68. The fraction of sp³-hybridized carbons (Fsp3) is 0.238. The topological polar surface area (TPSA) is 79.0 Å². The largest absolute Gasteiger partial charge is 0.348 e. The highest BCUT2D eigenvalue weighted by Gasteiger charge is 2.15. The SMILES string of the molecule is CC(C)C(=O)N(C)Cc1ccc(Cl)c(-c2nc(-c3ccccc3)nc(=O)[nH]2)c1. The minimum atomic E-state index is -0.502. The second-order valence-corrected chi connectivity index (χ2v) is 7.26. The molecule has 0 spiro atoms. The van der Waals surface area contributed by atoms with Crippen LogP contribution in [-0.4, -0.2) is 32.8 Å². The standard InChI is InChI=1S/C21H21ClN4O2/c1-13(2)20(27)26(3)12-14-9-10-17(22)16(11-14)19-23-18(24-21(28)25-19)15-7-5-4-6-8-15/h4-11,13H,12H2,1-3H3,(H,23,24,25,28). The van der Waals surface area contributed by atoms with E-state index in [1.807, 2.05) is 56.3 Å². The molecule has 1 aromatic heterocycles. The monoisotopic (exact) mass is 396 g/mol. The van der Waals surface area contributed by atoms with Gasteiger partial charge in [0.05, 0.1) is 5.02 Å². The van der Waals surface area contributed by atoms with Crippen LogP contribution >= 0.6 is 11.6 Å². The van der Waals surface area contributed by atoms with E-state index >= 15 is 0 Å². The first-order valence-corrected chi connectivity index (χ1v) is 9.30. The summed E-state index contributed by atoms with van der Waals surface area (Å²) in [6, 6.07) is 14.7. The van der Waals surface area contributed by atoms with Gasteiger partial charge in [0, 0.05) is 30.6 Å². The number of hydrogen-bond acceptors (Lipinski definition) is 4. The quantitative estimate of drug-likeness (QED) is 0.712. The number of H-pyrrole nitrogens is 1. The van der Waals surface area contributed by atoms with Crippen molar-refractivity contribution in [3.8, 4) is 22.8 Å². The lowest BCUT2D eigenvalue weighted by Crippen LogP contribution is -2.29. The van der Waals surface area contributed by atoms with Gasteiger partial charge in [0.1, 0.15) is 5.82 Å². The Bertz CT molecular complexity index is 1050. The summed E-state index contributed by atoms with van der Waals surface area (Å²) in [5.41, 5.74) is 1.71. The van der Waals surface area contributed by atoms with Gasteiger partial charge in [0.2, 0.25) is 5.91 Å². The van der Waals surface area contributed by atoms with Gasteiger partial charge in [-0.3, -0.25) is 9.78 Å². The Morgan fingerprint density at radius 1 is 1.14 bits per heavy atom. The van der Waals surface area contributed by atoms with E-state index in [1.165, 1.54) is 0 Å². The van der Waals surface area contributed by atoms with E-state index in [-0.39, 0.29) is 11.8 Å².